The fourth-order valence-corrected chi connectivity index (χ4v) is 2.45. The van der Waals surface area contributed by atoms with E-state index >= 15 is 0 Å². The summed E-state index contributed by atoms with van der Waals surface area (Å²) in [5, 5.41) is 3.34. The molecule has 0 aliphatic carbocycles. The first-order chi connectivity index (χ1) is 9.30. The van der Waals surface area contributed by atoms with E-state index in [-0.39, 0.29) is 5.97 Å². The molecule has 2 atom stereocenters. The number of nitrogens with one attached hydrogen (secondary N) is 1. The van der Waals surface area contributed by atoms with Crippen LogP contribution in [0.5, 0.6) is 0 Å². The van der Waals surface area contributed by atoms with Crippen molar-refractivity contribution in [3.63, 3.8) is 0 Å². The monoisotopic (exact) mass is 287 g/mol. The summed E-state index contributed by atoms with van der Waals surface area (Å²) < 4.78 is 4.98. The van der Waals surface area contributed by atoms with Gasteiger partial charge in [-0.1, -0.05) is 13.8 Å². The van der Waals surface area contributed by atoms with Crippen molar-refractivity contribution in [2.24, 2.45) is 0 Å². The smallest absolute Gasteiger partial charge is 0.327 e. The number of likely N-dealkylation sites (N-methyl/N-ethyl adjacent to an activating group) is 2. The van der Waals surface area contributed by atoms with Gasteiger partial charge in [0.25, 0.3) is 0 Å². The molecule has 0 aromatic carbocycles. The van der Waals surface area contributed by atoms with Gasteiger partial charge >= 0.3 is 5.97 Å². The zero-order chi connectivity index (χ0) is 15.8. The third-order valence-electron chi connectivity index (χ3n) is 3.58. The van der Waals surface area contributed by atoms with Gasteiger partial charge < -0.3 is 15.0 Å². The van der Waals surface area contributed by atoms with Crippen molar-refractivity contribution in [1.29, 1.82) is 0 Å². The number of methoxy groups -OCH3 is 1. The van der Waals surface area contributed by atoms with Gasteiger partial charge in [-0.2, -0.15) is 0 Å². The van der Waals surface area contributed by atoms with Gasteiger partial charge in [0.15, 0.2) is 0 Å². The van der Waals surface area contributed by atoms with Crippen LogP contribution in [0.1, 0.15) is 34.1 Å². The highest BCUT2D eigenvalue weighted by atomic mass is 16.5. The second-order valence-electron chi connectivity index (χ2n) is 5.92. The second-order valence-corrected chi connectivity index (χ2v) is 5.92. The minimum Gasteiger partial charge on any atom is -0.468 e. The van der Waals surface area contributed by atoms with E-state index in [1.807, 2.05) is 6.92 Å². The Morgan fingerprint density at radius 1 is 1.35 bits per heavy atom. The topological polar surface area (TPSA) is 44.8 Å². The van der Waals surface area contributed by atoms with E-state index < -0.39 is 5.54 Å². The number of nitrogens with zero attached hydrogens (tertiary/aromatic N) is 2. The predicted molar refractivity (Wildman–Crippen MR) is 84.0 cm³/mol. The van der Waals surface area contributed by atoms with Gasteiger partial charge in [-0.25, -0.2) is 0 Å². The van der Waals surface area contributed by atoms with E-state index in [9.17, 15) is 4.79 Å². The number of hydrogen-bond acceptors (Lipinski definition) is 5. The van der Waals surface area contributed by atoms with E-state index in [0.29, 0.717) is 12.6 Å². The van der Waals surface area contributed by atoms with E-state index in [1.54, 1.807) is 0 Å². The maximum Gasteiger partial charge on any atom is 0.327 e. The van der Waals surface area contributed by atoms with Gasteiger partial charge in [-0.05, 0) is 47.5 Å². The van der Waals surface area contributed by atoms with Crippen LogP contribution in [-0.4, -0.2) is 74.7 Å². The zero-order valence-corrected chi connectivity index (χ0v) is 14.3. The second kappa shape index (κ2) is 9.32. The first-order valence-corrected chi connectivity index (χ1v) is 7.52. The number of hydrogen-bond donors (Lipinski definition) is 1. The molecule has 0 aliphatic heterocycles. The van der Waals surface area contributed by atoms with Crippen LogP contribution < -0.4 is 5.32 Å². The number of carbonyl (C=O) groups excluding carboxylic acids is 1. The SMILES string of the molecule is CCCNC(C)(CN(CC)C(C)CN(C)C)C(=O)OC. The lowest BCUT2D eigenvalue weighted by Gasteiger charge is -2.37. The maximum atomic E-state index is 12.1. The third kappa shape index (κ3) is 6.20. The van der Waals surface area contributed by atoms with Crippen LogP contribution in [0, 0.1) is 0 Å². The van der Waals surface area contributed by atoms with Crippen molar-refractivity contribution >= 4 is 5.97 Å². The first-order valence-electron chi connectivity index (χ1n) is 7.52. The summed E-state index contributed by atoms with van der Waals surface area (Å²) in [6.45, 7) is 11.7. The summed E-state index contributed by atoms with van der Waals surface area (Å²) in [6.07, 6.45) is 0.992. The fourth-order valence-electron chi connectivity index (χ4n) is 2.45. The molecule has 1 N–H and O–H groups in total. The lowest BCUT2D eigenvalue weighted by Crippen LogP contribution is -2.59. The Labute approximate surface area is 124 Å². The van der Waals surface area contributed by atoms with Crippen LogP contribution in [0.25, 0.3) is 0 Å². The van der Waals surface area contributed by atoms with E-state index in [4.69, 9.17) is 4.74 Å². The Morgan fingerprint density at radius 3 is 2.35 bits per heavy atom. The van der Waals surface area contributed by atoms with Crippen LogP contribution in [0.3, 0.4) is 0 Å². The summed E-state index contributed by atoms with van der Waals surface area (Å²) >= 11 is 0. The van der Waals surface area contributed by atoms with E-state index in [0.717, 1.165) is 26.1 Å². The minimum absolute atomic E-state index is 0.193. The van der Waals surface area contributed by atoms with Crippen molar-refractivity contribution in [2.45, 2.75) is 45.7 Å². The van der Waals surface area contributed by atoms with Gasteiger partial charge in [-0.3, -0.25) is 9.69 Å². The molecule has 0 radical (unpaired) electrons. The van der Waals surface area contributed by atoms with E-state index in [2.05, 4.69) is 50.0 Å². The molecule has 0 bridgehead atoms. The average molecular weight is 287 g/mol. The van der Waals surface area contributed by atoms with Crippen molar-refractivity contribution in [3.05, 3.63) is 0 Å². The fraction of sp³-hybridized carbons (Fsp3) is 0.933. The van der Waals surface area contributed by atoms with Gasteiger partial charge in [0.2, 0.25) is 0 Å². The zero-order valence-electron chi connectivity index (χ0n) is 14.3. The van der Waals surface area contributed by atoms with Gasteiger partial charge in [0.1, 0.15) is 5.54 Å². The molecule has 2 unspecified atom stereocenters. The Balaban J connectivity index is 4.86. The average Bonchev–Trinajstić information content (AvgIpc) is 2.40. The van der Waals surface area contributed by atoms with Crippen LogP contribution in [-0.2, 0) is 9.53 Å². The van der Waals surface area contributed by atoms with E-state index in [1.165, 1.54) is 7.11 Å². The van der Waals surface area contributed by atoms with Crippen LogP contribution in [0.2, 0.25) is 0 Å². The molecule has 5 nitrogen and oxygen atoms in total. The molecule has 120 valence electrons. The van der Waals surface area contributed by atoms with Crippen molar-refractivity contribution in [3.8, 4) is 0 Å². The predicted octanol–water partition coefficient (Wildman–Crippen LogP) is 1.19. The molecular weight excluding hydrogens is 254 g/mol. The molecule has 0 aromatic heterocycles. The lowest BCUT2D eigenvalue weighted by molar-refractivity contribution is -0.149. The molecule has 0 aliphatic rings. The van der Waals surface area contributed by atoms with Crippen molar-refractivity contribution < 1.29 is 9.53 Å². The Kier molecular flexibility index (Phi) is 9.01. The van der Waals surface area contributed by atoms with Gasteiger partial charge in [-0.15, -0.1) is 0 Å². The first kappa shape index (κ1) is 19.4. The number of ether oxygens (including phenoxy) is 1. The maximum absolute atomic E-state index is 12.1. The lowest BCUT2D eigenvalue weighted by atomic mass is 10.0. The molecular formula is C15H33N3O2. The molecule has 0 rings (SSSR count). The van der Waals surface area contributed by atoms with Crippen LogP contribution in [0.4, 0.5) is 0 Å². The Hall–Kier alpha value is -0.650. The molecule has 20 heavy (non-hydrogen) atoms. The number of rotatable bonds is 10. The molecule has 0 saturated carbocycles. The van der Waals surface area contributed by atoms with Crippen LogP contribution >= 0.6 is 0 Å². The molecule has 0 spiro atoms. The van der Waals surface area contributed by atoms with Gasteiger partial charge in [0, 0.05) is 19.1 Å². The van der Waals surface area contributed by atoms with Crippen LogP contribution in [0.15, 0.2) is 0 Å². The molecule has 0 aromatic rings. The molecule has 0 saturated heterocycles. The largest absolute Gasteiger partial charge is 0.468 e. The molecule has 0 heterocycles. The highest BCUT2D eigenvalue weighted by Gasteiger charge is 2.36. The highest BCUT2D eigenvalue weighted by Crippen LogP contribution is 2.12. The summed E-state index contributed by atoms with van der Waals surface area (Å²) in [4.78, 5) is 16.6. The highest BCUT2D eigenvalue weighted by molar-refractivity contribution is 5.80. The summed E-state index contributed by atoms with van der Waals surface area (Å²) in [5.41, 5.74) is -0.651. The molecule has 5 heteroatoms. The third-order valence-corrected chi connectivity index (χ3v) is 3.58. The number of carbonyl (C=O) groups is 1. The Morgan fingerprint density at radius 2 is 1.95 bits per heavy atom. The summed E-state index contributed by atoms with van der Waals surface area (Å²) in [6, 6.07) is 0.391. The van der Waals surface area contributed by atoms with Gasteiger partial charge in [0.05, 0.1) is 7.11 Å². The summed E-state index contributed by atoms with van der Waals surface area (Å²) in [7, 11) is 5.59. The standard InChI is InChI=1S/C15H33N3O2/c1-8-10-16-15(4,14(19)20-7)12-18(9-2)13(3)11-17(5)6/h13,16H,8-12H2,1-7H3. The number of esters is 1. The Bertz CT molecular complexity index is 284. The molecule has 0 amide bonds. The quantitative estimate of drug-likeness (QED) is 0.612. The molecule has 0 fully saturated rings. The summed E-state index contributed by atoms with van der Waals surface area (Å²) in [5.74, 6) is -0.193. The minimum atomic E-state index is -0.651. The van der Waals surface area contributed by atoms with Crippen molar-refractivity contribution in [2.75, 3.05) is 47.4 Å². The van der Waals surface area contributed by atoms with Crippen molar-refractivity contribution in [1.82, 2.24) is 15.1 Å². The normalized spacial score (nSPS) is 16.2.